The third-order valence-electron chi connectivity index (χ3n) is 5.43. The maximum Gasteiger partial charge on any atom is 0.268 e. The number of fused-ring (bicyclic) bond motifs is 1. The van der Waals surface area contributed by atoms with Crippen molar-refractivity contribution >= 4 is 44.8 Å². The van der Waals surface area contributed by atoms with Crippen LogP contribution in [0.4, 0.5) is 11.4 Å². The van der Waals surface area contributed by atoms with Gasteiger partial charge in [0.05, 0.1) is 38.2 Å². The van der Waals surface area contributed by atoms with Crippen LogP contribution >= 0.6 is 11.6 Å². The molecule has 0 spiro atoms. The number of amides is 2. The van der Waals surface area contributed by atoms with Gasteiger partial charge in [-0.1, -0.05) is 23.7 Å². The van der Waals surface area contributed by atoms with Gasteiger partial charge in [0.15, 0.2) is 0 Å². The minimum absolute atomic E-state index is 0.0188. The smallest absolute Gasteiger partial charge is 0.268 e. The van der Waals surface area contributed by atoms with E-state index in [2.05, 4.69) is 10.8 Å². The molecule has 11 heteroatoms. The summed E-state index contributed by atoms with van der Waals surface area (Å²) < 4.78 is 29.1. The third kappa shape index (κ3) is 3.85. The SMILES string of the molecule is CC(C)(C#N)c1ccc(S(=O)(=O)Nc2ccc(Cl)c3c2C(=O)N(c2ccc[n+](O)c2)C3=O)cc1. The fourth-order valence-electron chi connectivity index (χ4n) is 3.55. The fourth-order valence-corrected chi connectivity index (χ4v) is 4.86. The van der Waals surface area contributed by atoms with Crippen LogP contribution in [0, 0.1) is 11.3 Å². The van der Waals surface area contributed by atoms with Crippen LogP contribution in [0.15, 0.2) is 65.8 Å². The number of carbonyl (C=O) groups excluding carboxylic acids is 2. The van der Waals surface area contributed by atoms with Crippen LogP contribution in [0.2, 0.25) is 5.02 Å². The number of hydrogen-bond donors (Lipinski definition) is 2. The number of hydrogen-bond acceptors (Lipinski definition) is 6. The number of aromatic nitrogens is 1. The van der Waals surface area contributed by atoms with E-state index in [1.807, 2.05) is 0 Å². The van der Waals surface area contributed by atoms with Crippen LogP contribution in [0.1, 0.15) is 40.1 Å². The molecule has 0 saturated heterocycles. The second-order valence-electron chi connectivity index (χ2n) is 8.10. The van der Waals surface area contributed by atoms with E-state index < -0.39 is 27.3 Å². The third-order valence-corrected chi connectivity index (χ3v) is 7.12. The molecule has 34 heavy (non-hydrogen) atoms. The number of anilines is 2. The lowest BCUT2D eigenvalue weighted by atomic mass is 9.87. The number of benzene rings is 2. The molecule has 3 aromatic rings. The first kappa shape index (κ1) is 23.2. The maximum atomic E-state index is 13.2. The summed E-state index contributed by atoms with van der Waals surface area (Å²) in [5, 5.41) is 18.9. The number of imide groups is 1. The van der Waals surface area contributed by atoms with E-state index in [0.29, 0.717) is 10.3 Å². The minimum Gasteiger partial charge on any atom is -0.285 e. The van der Waals surface area contributed by atoms with E-state index in [-0.39, 0.29) is 32.4 Å². The molecule has 0 unspecified atom stereocenters. The molecule has 1 aromatic heterocycles. The number of sulfonamides is 1. The summed E-state index contributed by atoms with van der Waals surface area (Å²) >= 11 is 6.19. The van der Waals surface area contributed by atoms with Gasteiger partial charge >= 0.3 is 0 Å². The zero-order valence-corrected chi connectivity index (χ0v) is 19.6. The Hall–Kier alpha value is -3.94. The predicted molar refractivity (Wildman–Crippen MR) is 122 cm³/mol. The Morgan fingerprint density at radius 3 is 2.32 bits per heavy atom. The van der Waals surface area contributed by atoms with Gasteiger partial charge < -0.3 is 0 Å². The highest BCUT2D eigenvalue weighted by molar-refractivity contribution is 7.92. The molecular weight excluding hydrogens is 480 g/mol. The van der Waals surface area contributed by atoms with Crippen LogP contribution in [0.5, 0.6) is 0 Å². The van der Waals surface area contributed by atoms with Gasteiger partial charge in [-0.2, -0.15) is 5.26 Å². The molecule has 0 bridgehead atoms. The molecule has 1 aliphatic rings. The first-order valence-corrected chi connectivity index (χ1v) is 11.8. The van der Waals surface area contributed by atoms with Crippen molar-refractivity contribution in [3.05, 3.63) is 82.6 Å². The van der Waals surface area contributed by atoms with Crippen LogP contribution in [0.3, 0.4) is 0 Å². The molecule has 0 radical (unpaired) electrons. The lowest BCUT2D eigenvalue weighted by Gasteiger charge is -2.16. The summed E-state index contributed by atoms with van der Waals surface area (Å²) in [5.41, 5.74) is -0.538. The molecule has 2 aromatic carbocycles. The van der Waals surface area contributed by atoms with E-state index in [1.165, 1.54) is 42.6 Å². The Kier molecular flexibility index (Phi) is 5.55. The van der Waals surface area contributed by atoms with Gasteiger partial charge in [0.2, 0.25) is 12.4 Å². The quantitative estimate of drug-likeness (QED) is 0.316. The number of nitriles is 1. The summed E-state index contributed by atoms with van der Waals surface area (Å²) in [6, 6.07) is 13.4. The summed E-state index contributed by atoms with van der Waals surface area (Å²) in [5.74, 6) is -1.54. The molecule has 9 nitrogen and oxygen atoms in total. The highest BCUT2D eigenvalue weighted by atomic mass is 35.5. The van der Waals surface area contributed by atoms with Crippen LogP contribution in [0.25, 0.3) is 0 Å². The Bertz CT molecular complexity index is 1490. The lowest BCUT2D eigenvalue weighted by Crippen LogP contribution is -2.34. The van der Waals surface area contributed by atoms with Gasteiger partial charge in [-0.3, -0.25) is 19.5 Å². The minimum atomic E-state index is -4.15. The van der Waals surface area contributed by atoms with Crippen molar-refractivity contribution in [3.63, 3.8) is 0 Å². The van der Waals surface area contributed by atoms with Crippen molar-refractivity contribution in [1.82, 2.24) is 0 Å². The highest BCUT2D eigenvalue weighted by Gasteiger charge is 2.42. The Labute approximate surface area is 200 Å². The van der Waals surface area contributed by atoms with Crippen LogP contribution in [-0.2, 0) is 15.4 Å². The van der Waals surface area contributed by atoms with Gasteiger partial charge in [0.25, 0.3) is 21.8 Å². The van der Waals surface area contributed by atoms with E-state index >= 15 is 0 Å². The van der Waals surface area contributed by atoms with Crippen LogP contribution in [-0.4, -0.2) is 25.4 Å². The standard InChI is InChI=1S/C23H17ClN4O5S/c1-23(2,13-25)14-5-7-16(8-6-14)34(32,33)26-18-10-9-17(24)19-20(18)22(30)28(21(19)29)15-4-3-11-27(31)12-15/h3-12H,1-2H3,(H-,26,30,31)/p+1. The van der Waals surface area contributed by atoms with Gasteiger partial charge in [-0.25, -0.2) is 13.3 Å². The van der Waals surface area contributed by atoms with E-state index in [4.69, 9.17) is 11.6 Å². The van der Waals surface area contributed by atoms with Gasteiger partial charge in [-0.15, -0.1) is 0 Å². The normalized spacial score (nSPS) is 13.5. The lowest BCUT2D eigenvalue weighted by molar-refractivity contribution is -0.904. The second-order valence-corrected chi connectivity index (χ2v) is 10.2. The average Bonchev–Trinajstić information content (AvgIpc) is 3.07. The van der Waals surface area contributed by atoms with Crippen LogP contribution < -0.4 is 14.4 Å². The summed E-state index contributed by atoms with van der Waals surface area (Å²) in [6.45, 7) is 3.43. The maximum absolute atomic E-state index is 13.2. The molecule has 2 amide bonds. The zero-order chi connectivity index (χ0) is 24.8. The largest absolute Gasteiger partial charge is 0.285 e. The summed E-state index contributed by atoms with van der Waals surface area (Å²) in [4.78, 5) is 26.9. The predicted octanol–water partition coefficient (Wildman–Crippen LogP) is 3.27. The van der Waals surface area contributed by atoms with Crippen molar-refractivity contribution in [2.45, 2.75) is 24.2 Å². The topological polar surface area (TPSA) is 131 Å². The molecule has 172 valence electrons. The molecule has 1 aliphatic heterocycles. The van der Waals surface area contributed by atoms with Crippen molar-refractivity contribution in [2.24, 2.45) is 0 Å². The molecule has 0 saturated carbocycles. The van der Waals surface area contributed by atoms with Gasteiger partial charge in [0, 0.05) is 10.8 Å². The zero-order valence-electron chi connectivity index (χ0n) is 18.0. The summed E-state index contributed by atoms with van der Waals surface area (Å²) in [6.07, 6.45) is 2.46. The summed E-state index contributed by atoms with van der Waals surface area (Å²) in [7, 11) is -4.15. The van der Waals surface area contributed by atoms with E-state index in [0.717, 1.165) is 11.1 Å². The molecule has 2 N–H and O–H groups in total. The number of pyridine rings is 1. The van der Waals surface area contributed by atoms with Crippen molar-refractivity contribution in [1.29, 1.82) is 5.26 Å². The van der Waals surface area contributed by atoms with Gasteiger partial charge in [-0.05, 0) is 49.7 Å². The number of rotatable bonds is 5. The van der Waals surface area contributed by atoms with E-state index in [9.17, 15) is 28.5 Å². The van der Waals surface area contributed by atoms with E-state index in [1.54, 1.807) is 26.0 Å². The van der Waals surface area contributed by atoms with Crippen molar-refractivity contribution < 1.29 is 27.9 Å². The Balaban J connectivity index is 1.73. The van der Waals surface area contributed by atoms with Crippen molar-refractivity contribution in [3.8, 4) is 6.07 Å². The molecule has 0 atom stereocenters. The number of halogens is 1. The average molecular weight is 498 g/mol. The Morgan fingerprint density at radius 1 is 1.06 bits per heavy atom. The molecule has 0 aliphatic carbocycles. The molecule has 2 heterocycles. The van der Waals surface area contributed by atoms with Gasteiger partial charge in [0.1, 0.15) is 5.69 Å². The monoisotopic (exact) mass is 497 g/mol. The number of nitrogens with one attached hydrogen (secondary N) is 1. The fraction of sp³-hybridized carbons (Fsp3) is 0.130. The highest BCUT2D eigenvalue weighted by Crippen LogP contribution is 2.37. The Morgan fingerprint density at radius 2 is 1.71 bits per heavy atom. The molecular formula is C23H18ClN4O5S+. The number of carbonyl (C=O) groups is 2. The molecule has 0 fully saturated rings. The molecule has 4 rings (SSSR count). The second kappa shape index (κ2) is 8.13. The van der Waals surface area contributed by atoms with Crippen molar-refractivity contribution in [2.75, 3.05) is 9.62 Å². The first-order valence-electron chi connectivity index (χ1n) is 9.93. The number of nitrogens with zero attached hydrogens (tertiary/aromatic N) is 3. The first-order chi connectivity index (χ1) is 16.0.